The van der Waals surface area contributed by atoms with Crippen molar-refractivity contribution in [2.45, 2.75) is 32.7 Å². The number of benzene rings is 2. The highest BCUT2D eigenvalue weighted by Gasteiger charge is 2.22. The number of hydrogen-bond donors (Lipinski definition) is 2. The van der Waals surface area contributed by atoms with Crippen LogP contribution in [0.4, 0.5) is 11.4 Å². The number of thiocarbonyl (C=S) groups is 1. The van der Waals surface area contributed by atoms with Crippen LogP contribution in [0.25, 0.3) is 0 Å². The molecule has 1 saturated heterocycles. The molecule has 1 fully saturated rings. The van der Waals surface area contributed by atoms with Crippen LogP contribution in [0.15, 0.2) is 42.5 Å². The van der Waals surface area contributed by atoms with Crippen molar-refractivity contribution in [1.29, 1.82) is 0 Å². The maximum absolute atomic E-state index is 12.0. The molecule has 3 rings (SSSR count). The van der Waals surface area contributed by atoms with Gasteiger partial charge in [0.25, 0.3) is 0 Å². The topological polar surface area (TPSA) is 62.8 Å². The summed E-state index contributed by atoms with van der Waals surface area (Å²) in [5.41, 5.74) is 2.90. The minimum Gasteiger partial charge on any atom is -0.497 e. The van der Waals surface area contributed by atoms with Gasteiger partial charge in [0.05, 0.1) is 13.2 Å². The van der Waals surface area contributed by atoms with E-state index in [9.17, 15) is 4.79 Å². The van der Waals surface area contributed by atoms with E-state index in [1.54, 1.807) is 7.11 Å². The molecule has 0 spiro atoms. The number of ether oxygens (including phenoxy) is 2. The number of carbonyl (C=O) groups is 1. The van der Waals surface area contributed by atoms with Crippen molar-refractivity contribution < 1.29 is 14.3 Å². The number of aryl methyl sites for hydroxylation is 1. The first-order valence-electron chi connectivity index (χ1n) is 9.71. The third-order valence-electron chi connectivity index (χ3n) is 4.76. The molecule has 6 nitrogen and oxygen atoms in total. The molecule has 0 aromatic heterocycles. The first-order chi connectivity index (χ1) is 14.0. The maximum Gasteiger partial charge on any atom is 0.227 e. The molecule has 29 heavy (non-hydrogen) atoms. The number of nitrogens with zero attached hydrogens (tertiary/aromatic N) is 1. The van der Waals surface area contributed by atoms with Gasteiger partial charge in [0, 0.05) is 24.3 Å². The smallest absolute Gasteiger partial charge is 0.227 e. The van der Waals surface area contributed by atoms with Crippen molar-refractivity contribution in [3.63, 3.8) is 0 Å². The van der Waals surface area contributed by atoms with Gasteiger partial charge in [-0.25, -0.2) is 0 Å². The molecule has 1 heterocycles. The Morgan fingerprint density at radius 2 is 1.93 bits per heavy atom. The zero-order valence-corrected chi connectivity index (χ0v) is 17.8. The van der Waals surface area contributed by atoms with Crippen molar-refractivity contribution in [2.24, 2.45) is 0 Å². The quantitative estimate of drug-likeness (QED) is 0.672. The lowest BCUT2D eigenvalue weighted by Crippen LogP contribution is -2.39. The minimum absolute atomic E-state index is 0.0275. The summed E-state index contributed by atoms with van der Waals surface area (Å²) in [6.07, 6.45) is 1.55. The molecule has 1 atom stereocenters. The largest absolute Gasteiger partial charge is 0.497 e. The molecule has 7 heteroatoms. The standard InChI is InChI=1S/C22H27N3O3S/c1-15-13-17(6-11-20(15)25-12-4-5-21(25)26)24-22(29)23-16(2)14-28-19-9-7-18(27-3)8-10-19/h6-11,13,16H,4-5,12,14H2,1-3H3,(H2,23,24,29). The number of hydrogen-bond acceptors (Lipinski definition) is 4. The third-order valence-corrected chi connectivity index (χ3v) is 4.98. The second-order valence-electron chi connectivity index (χ2n) is 7.14. The Morgan fingerprint density at radius 3 is 2.55 bits per heavy atom. The fraction of sp³-hybridized carbons (Fsp3) is 0.364. The first kappa shape index (κ1) is 20.9. The van der Waals surface area contributed by atoms with Crippen LogP contribution in [-0.4, -0.2) is 37.3 Å². The van der Waals surface area contributed by atoms with E-state index < -0.39 is 0 Å². The van der Waals surface area contributed by atoms with Gasteiger partial charge in [0.2, 0.25) is 5.91 Å². The Morgan fingerprint density at radius 1 is 1.21 bits per heavy atom. The van der Waals surface area contributed by atoms with E-state index in [0.717, 1.165) is 41.4 Å². The lowest BCUT2D eigenvalue weighted by atomic mass is 10.1. The summed E-state index contributed by atoms with van der Waals surface area (Å²) < 4.78 is 10.9. The van der Waals surface area contributed by atoms with Crippen LogP contribution in [-0.2, 0) is 4.79 Å². The van der Waals surface area contributed by atoms with Crippen LogP contribution in [0.2, 0.25) is 0 Å². The Hall–Kier alpha value is -2.80. The summed E-state index contributed by atoms with van der Waals surface area (Å²) in [7, 11) is 1.64. The van der Waals surface area contributed by atoms with Crippen LogP contribution in [0.5, 0.6) is 11.5 Å². The first-order valence-corrected chi connectivity index (χ1v) is 10.1. The summed E-state index contributed by atoms with van der Waals surface area (Å²) in [6.45, 7) is 5.28. The highest BCUT2D eigenvalue weighted by Crippen LogP contribution is 2.27. The predicted molar refractivity (Wildman–Crippen MR) is 120 cm³/mol. The van der Waals surface area contributed by atoms with E-state index in [0.29, 0.717) is 18.1 Å². The SMILES string of the molecule is COc1ccc(OCC(C)NC(=S)Nc2ccc(N3CCCC3=O)c(C)c2)cc1. The van der Waals surface area contributed by atoms with Gasteiger partial charge in [0.15, 0.2) is 5.11 Å². The molecule has 2 aromatic rings. The van der Waals surface area contributed by atoms with Gasteiger partial charge < -0.3 is 25.0 Å². The molecule has 0 saturated carbocycles. The number of nitrogens with one attached hydrogen (secondary N) is 2. The number of amides is 1. The Balaban J connectivity index is 1.49. The van der Waals surface area contributed by atoms with Crippen LogP contribution in [0, 0.1) is 6.92 Å². The van der Waals surface area contributed by atoms with Gasteiger partial charge in [0.1, 0.15) is 18.1 Å². The molecule has 1 aliphatic heterocycles. The molecule has 154 valence electrons. The van der Waals surface area contributed by atoms with Gasteiger partial charge >= 0.3 is 0 Å². The lowest BCUT2D eigenvalue weighted by molar-refractivity contribution is -0.117. The fourth-order valence-electron chi connectivity index (χ4n) is 3.26. The predicted octanol–water partition coefficient (Wildman–Crippen LogP) is 3.88. The van der Waals surface area contributed by atoms with E-state index in [1.807, 2.05) is 61.2 Å². The summed E-state index contributed by atoms with van der Waals surface area (Å²) >= 11 is 5.42. The Kier molecular flexibility index (Phi) is 6.93. The third kappa shape index (κ3) is 5.60. The lowest BCUT2D eigenvalue weighted by Gasteiger charge is -2.20. The zero-order chi connectivity index (χ0) is 20.8. The second-order valence-corrected chi connectivity index (χ2v) is 7.54. The Bertz CT molecular complexity index is 870. The van der Waals surface area contributed by atoms with Crippen LogP contribution in [0.3, 0.4) is 0 Å². The summed E-state index contributed by atoms with van der Waals surface area (Å²) in [5.74, 6) is 1.77. The molecule has 0 aliphatic carbocycles. The van der Waals surface area contributed by atoms with E-state index in [1.165, 1.54) is 0 Å². The number of rotatable bonds is 7. The van der Waals surface area contributed by atoms with Gasteiger partial charge in [-0.3, -0.25) is 4.79 Å². The molecule has 2 aromatic carbocycles. The van der Waals surface area contributed by atoms with E-state index in [4.69, 9.17) is 21.7 Å². The fourth-order valence-corrected chi connectivity index (χ4v) is 3.58. The normalized spacial score (nSPS) is 14.4. The highest BCUT2D eigenvalue weighted by atomic mass is 32.1. The summed E-state index contributed by atoms with van der Waals surface area (Å²) in [4.78, 5) is 13.8. The van der Waals surface area contributed by atoms with E-state index >= 15 is 0 Å². The minimum atomic E-state index is 0.0275. The van der Waals surface area contributed by atoms with Crippen LogP contribution < -0.4 is 25.0 Å². The van der Waals surface area contributed by atoms with Gasteiger partial charge in [-0.05, 0) is 80.5 Å². The zero-order valence-electron chi connectivity index (χ0n) is 17.0. The van der Waals surface area contributed by atoms with Gasteiger partial charge in [-0.15, -0.1) is 0 Å². The van der Waals surface area contributed by atoms with Crippen LogP contribution >= 0.6 is 12.2 Å². The number of carbonyl (C=O) groups excluding carboxylic acids is 1. The number of methoxy groups -OCH3 is 1. The molecule has 1 aliphatic rings. The second kappa shape index (κ2) is 9.60. The van der Waals surface area contributed by atoms with Crippen molar-refractivity contribution in [3.05, 3.63) is 48.0 Å². The average molecular weight is 414 g/mol. The van der Waals surface area contributed by atoms with Gasteiger partial charge in [-0.2, -0.15) is 0 Å². The van der Waals surface area contributed by atoms with Crippen molar-refractivity contribution in [2.75, 3.05) is 30.5 Å². The van der Waals surface area contributed by atoms with Gasteiger partial charge in [-0.1, -0.05) is 0 Å². The Labute approximate surface area is 177 Å². The van der Waals surface area contributed by atoms with E-state index in [-0.39, 0.29) is 11.9 Å². The molecular formula is C22H27N3O3S. The maximum atomic E-state index is 12.0. The molecule has 2 N–H and O–H groups in total. The molecular weight excluding hydrogens is 386 g/mol. The average Bonchev–Trinajstić information content (AvgIpc) is 3.12. The van der Waals surface area contributed by atoms with E-state index in [2.05, 4.69) is 10.6 Å². The summed E-state index contributed by atoms with van der Waals surface area (Å²) in [5, 5.41) is 6.95. The molecule has 1 amide bonds. The molecule has 0 radical (unpaired) electrons. The van der Waals surface area contributed by atoms with Crippen molar-refractivity contribution in [1.82, 2.24) is 5.32 Å². The van der Waals surface area contributed by atoms with Crippen molar-refractivity contribution in [3.8, 4) is 11.5 Å². The van der Waals surface area contributed by atoms with Crippen LogP contribution in [0.1, 0.15) is 25.3 Å². The summed E-state index contributed by atoms with van der Waals surface area (Å²) in [6, 6.07) is 13.4. The van der Waals surface area contributed by atoms with Crippen molar-refractivity contribution >= 4 is 34.6 Å². The monoisotopic (exact) mass is 413 g/mol. The molecule has 0 bridgehead atoms. The number of anilines is 2. The molecule has 1 unspecified atom stereocenters. The highest BCUT2D eigenvalue weighted by molar-refractivity contribution is 7.80.